The van der Waals surface area contributed by atoms with E-state index in [2.05, 4.69) is 5.32 Å². The summed E-state index contributed by atoms with van der Waals surface area (Å²) in [6.45, 7) is 4.91. The van der Waals surface area contributed by atoms with Gasteiger partial charge in [-0.05, 0) is 42.0 Å². The number of hydrogen-bond acceptors (Lipinski definition) is 4. The van der Waals surface area contributed by atoms with Gasteiger partial charge in [-0.2, -0.15) is 4.31 Å². The molecule has 0 atom stereocenters. The first-order valence-electron chi connectivity index (χ1n) is 8.41. The molecule has 0 aromatic heterocycles. The number of benzene rings is 2. The molecule has 26 heavy (non-hydrogen) atoms. The van der Waals surface area contributed by atoms with Crippen LogP contribution in [0.25, 0.3) is 0 Å². The van der Waals surface area contributed by atoms with Crippen LogP contribution in [0.3, 0.4) is 0 Å². The zero-order valence-corrected chi connectivity index (χ0v) is 16.0. The molecule has 0 radical (unpaired) electrons. The Morgan fingerprint density at radius 3 is 2.08 bits per heavy atom. The summed E-state index contributed by atoms with van der Waals surface area (Å²) >= 11 is 0. The molecule has 0 aliphatic carbocycles. The second-order valence-corrected chi connectivity index (χ2v) is 7.64. The van der Waals surface area contributed by atoms with Gasteiger partial charge < -0.3 is 10.1 Å². The Labute approximate surface area is 154 Å². The van der Waals surface area contributed by atoms with Crippen LogP contribution in [-0.4, -0.2) is 38.8 Å². The molecule has 140 valence electrons. The number of carbonyl (C=O) groups is 1. The van der Waals surface area contributed by atoms with Gasteiger partial charge in [-0.25, -0.2) is 8.42 Å². The summed E-state index contributed by atoms with van der Waals surface area (Å²) < 4.78 is 31.4. The minimum absolute atomic E-state index is 0.211. The number of methoxy groups -OCH3 is 1. The molecule has 0 fully saturated rings. The largest absolute Gasteiger partial charge is 0.380 e. The molecular formula is C19H24N2O4S. The smallest absolute Gasteiger partial charge is 0.255 e. The number of ether oxygens (including phenoxy) is 1. The van der Waals surface area contributed by atoms with Crippen molar-refractivity contribution in [2.45, 2.75) is 25.3 Å². The highest BCUT2D eigenvalue weighted by atomic mass is 32.2. The fourth-order valence-electron chi connectivity index (χ4n) is 2.55. The summed E-state index contributed by atoms with van der Waals surface area (Å²) in [6.07, 6.45) is 0. The SMILES string of the molecule is CCN(CC)S(=O)(=O)c1ccc(NC(=O)c2ccc(COC)cc2)cc1. The number of carbonyl (C=O) groups excluding carboxylic acids is 1. The van der Waals surface area contributed by atoms with E-state index in [-0.39, 0.29) is 10.8 Å². The number of rotatable bonds is 8. The van der Waals surface area contributed by atoms with Crippen LogP contribution in [0, 0.1) is 0 Å². The fraction of sp³-hybridized carbons (Fsp3) is 0.316. The van der Waals surface area contributed by atoms with E-state index < -0.39 is 10.0 Å². The third kappa shape index (κ3) is 4.69. The number of hydrogen-bond donors (Lipinski definition) is 1. The molecule has 7 heteroatoms. The van der Waals surface area contributed by atoms with Crippen LogP contribution in [0.4, 0.5) is 5.69 Å². The lowest BCUT2D eigenvalue weighted by molar-refractivity contribution is 0.102. The Kier molecular flexibility index (Phi) is 6.90. The Morgan fingerprint density at radius 1 is 1.00 bits per heavy atom. The van der Waals surface area contributed by atoms with Crippen molar-refractivity contribution in [3.8, 4) is 0 Å². The average molecular weight is 376 g/mol. The van der Waals surface area contributed by atoms with Gasteiger partial charge in [0.15, 0.2) is 0 Å². The van der Waals surface area contributed by atoms with Crippen LogP contribution in [-0.2, 0) is 21.4 Å². The minimum atomic E-state index is -3.50. The summed E-state index contributed by atoms with van der Waals surface area (Å²) in [4.78, 5) is 12.5. The summed E-state index contributed by atoms with van der Waals surface area (Å²) in [5, 5.41) is 2.77. The van der Waals surface area contributed by atoms with Crippen molar-refractivity contribution in [3.63, 3.8) is 0 Å². The van der Waals surface area contributed by atoms with E-state index in [1.165, 1.54) is 16.4 Å². The minimum Gasteiger partial charge on any atom is -0.380 e. The lowest BCUT2D eigenvalue weighted by Gasteiger charge is -2.18. The van der Waals surface area contributed by atoms with Gasteiger partial charge in [0, 0.05) is 31.5 Å². The van der Waals surface area contributed by atoms with Gasteiger partial charge in [0.2, 0.25) is 10.0 Å². The van der Waals surface area contributed by atoms with E-state index >= 15 is 0 Å². The Balaban J connectivity index is 2.10. The molecule has 2 rings (SSSR count). The quantitative estimate of drug-likeness (QED) is 0.768. The molecule has 2 aromatic rings. The molecule has 0 heterocycles. The molecule has 2 aromatic carbocycles. The van der Waals surface area contributed by atoms with Crippen molar-refractivity contribution in [2.24, 2.45) is 0 Å². The second-order valence-electron chi connectivity index (χ2n) is 5.70. The average Bonchev–Trinajstić information content (AvgIpc) is 2.64. The number of anilines is 1. The molecule has 0 unspecified atom stereocenters. The third-order valence-corrected chi connectivity index (χ3v) is 6.05. The Morgan fingerprint density at radius 2 is 1.58 bits per heavy atom. The molecule has 0 spiro atoms. The van der Waals surface area contributed by atoms with E-state index in [0.717, 1.165) is 5.56 Å². The highest BCUT2D eigenvalue weighted by Gasteiger charge is 2.21. The molecule has 0 aliphatic heterocycles. The van der Waals surface area contributed by atoms with Crippen LogP contribution in [0.2, 0.25) is 0 Å². The van der Waals surface area contributed by atoms with Crippen LogP contribution in [0.1, 0.15) is 29.8 Å². The lowest BCUT2D eigenvalue weighted by Crippen LogP contribution is -2.30. The maximum Gasteiger partial charge on any atom is 0.255 e. The lowest BCUT2D eigenvalue weighted by atomic mass is 10.1. The van der Waals surface area contributed by atoms with Crippen LogP contribution >= 0.6 is 0 Å². The first kappa shape index (κ1) is 20.1. The second kappa shape index (κ2) is 8.93. The summed E-state index contributed by atoms with van der Waals surface area (Å²) in [5.74, 6) is -0.256. The predicted octanol–water partition coefficient (Wildman–Crippen LogP) is 3.12. The first-order chi connectivity index (χ1) is 12.4. The van der Waals surface area contributed by atoms with Crippen LogP contribution in [0.15, 0.2) is 53.4 Å². The van der Waals surface area contributed by atoms with Crippen molar-refractivity contribution in [1.29, 1.82) is 0 Å². The predicted molar refractivity (Wildman–Crippen MR) is 102 cm³/mol. The first-order valence-corrected chi connectivity index (χ1v) is 9.85. The van der Waals surface area contributed by atoms with E-state index in [4.69, 9.17) is 4.74 Å². The zero-order valence-electron chi connectivity index (χ0n) is 15.2. The third-order valence-electron chi connectivity index (χ3n) is 3.98. The highest BCUT2D eigenvalue weighted by molar-refractivity contribution is 7.89. The number of nitrogens with zero attached hydrogens (tertiary/aromatic N) is 1. The van der Waals surface area contributed by atoms with E-state index in [1.54, 1.807) is 45.2 Å². The molecule has 0 saturated carbocycles. The molecular weight excluding hydrogens is 352 g/mol. The standard InChI is InChI=1S/C19H24N2O4S/c1-4-21(5-2)26(23,24)18-12-10-17(11-13-18)20-19(22)16-8-6-15(7-9-16)14-25-3/h6-13H,4-5,14H2,1-3H3,(H,20,22). The van der Waals surface area contributed by atoms with Gasteiger partial charge >= 0.3 is 0 Å². The van der Waals surface area contributed by atoms with Crippen molar-refractivity contribution in [2.75, 3.05) is 25.5 Å². The number of sulfonamides is 1. The highest BCUT2D eigenvalue weighted by Crippen LogP contribution is 2.19. The van der Waals surface area contributed by atoms with Crippen molar-refractivity contribution >= 4 is 21.6 Å². The normalized spacial score (nSPS) is 11.5. The number of nitrogens with one attached hydrogen (secondary N) is 1. The molecule has 1 N–H and O–H groups in total. The topological polar surface area (TPSA) is 75.7 Å². The van der Waals surface area contributed by atoms with Gasteiger partial charge in [-0.15, -0.1) is 0 Å². The van der Waals surface area contributed by atoms with E-state index in [0.29, 0.717) is 30.9 Å². The maximum atomic E-state index is 12.5. The Bertz CT molecular complexity index is 827. The summed E-state index contributed by atoms with van der Waals surface area (Å²) in [5.41, 5.74) is 2.04. The van der Waals surface area contributed by atoms with Crippen molar-refractivity contribution in [1.82, 2.24) is 4.31 Å². The molecule has 0 saturated heterocycles. The van der Waals surface area contributed by atoms with Crippen molar-refractivity contribution in [3.05, 3.63) is 59.7 Å². The van der Waals surface area contributed by atoms with Crippen LogP contribution in [0.5, 0.6) is 0 Å². The monoisotopic (exact) mass is 376 g/mol. The number of amides is 1. The fourth-order valence-corrected chi connectivity index (χ4v) is 4.00. The maximum absolute atomic E-state index is 12.5. The van der Waals surface area contributed by atoms with Crippen molar-refractivity contribution < 1.29 is 17.9 Å². The van der Waals surface area contributed by atoms with E-state index in [1.807, 2.05) is 12.1 Å². The van der Waals surface area contributed by atoms with Gasteiger partial charge in [0.1, 0.15) is 0 Å². The summed E-state index contributed by atoms with van der Waals surface area (Å²) in [6, 6.07) is 13.3. The van der Waals surface area contributed by atoms with Gasteiger partial charge in [0.25, 0.3) is 5.91 Å². The van der Waals surface area contributed by atoms with Gasteiger partial charge in [-0.1, -0.05) is 26.0 Å². The molecule has 0 aliphatic rings. The zero-order chi connectivity index (χ0) is 19.2. The molecule has 6 nitrogen and oxygen atoms in total. The van der Waals surface area contributed by atoms with Crippen LogP contribution < -0.4 is 5.32 Å². The van der Waals surface area contributed by atoms with Gasteiger partial charge in [-0.3, -0.25) is 4.79 Å². The van der Waals surface area contributed by atoms with Gasteiger partial charge in [0.05, 0.1) is 11.5 Å². The molecule has 1 amide bonds. The summed E-state index contributed by atoms with van der Waals surface area (Å²) in [7, 11) is -1.88. The molecule has 0 bridgehead atoms. The Hall–Kier alpha value is -2.22. The van der Waals surface area contributed by atoms with E-state index in [9.17, 15) is 13.2 Å².